The molecule has 0 aromatic carbocycles. The van der Waals surface area contributed by atoms with Gasteiger partial charge in [-0.2, -0.15) is 5.10 Å². The third kappa shape index (κ3) is 2.52. The molecule has 6 nitrogen and oxygen atoms in total. The van der Waals surface area contributed by atoms with Gasteiger partial charge < -0.3 is 15.8 Å². The predicted octanol–water partition coefficient (Wildman–Crippen LogP) is -0.183. The van der Waals surface area contributed by atoms with Crippen LogP contribution in [-0.4, -0.2) is 35.4 Å². The molecule has 6 heteroatoms. The van der Waals surface area contributed by atoms with Gasteiger partial charge in [-0.15, -0.1) is 0 Å². The fraction of sp³-hybridized carbons (Fsp3) is 0.600. The smallest absolute Gasteiger partial charge is 0.239 e. The maximum atomic E-state index is 10.7. The van der Waals surface area contributed by atoms with E-state index in [-0.39, 0.29) is 12.0 Å². The molecule has 1 fully saturated rings. The minimum absolute atomic E-state index is 0.113. The van der Waals surface area contributed by atoms with Gasteiger partial charge in [0.2, 0.25) is 5.91 Å². The average Bonchev–Trinajstić information content (AvgIpc) is 2.58. The van der Waals surface area contributed by atoms with Crippen LogP contribution < -0.4 is 11.1 Å². The lowest BCUT2D eigenvalue weighted by Crippen LogP contribution is -2.45. The second-order valence-corrected chi connectivity index (χ2v) is 4.55. The van der Waals surface area contributed by atoms with E-state index < -0.39 is 5.91 Å². The summed E-state index contributed by atoms with van der Waals surface area (Å²) in [5.41, 5.74) is 6.18. The second-order valence-electron chi connectivity index (χ2n) is 4.55. The van der Waals surface area contributed by atoms with Crippen LogP contribution in [0.4, 0.5) is 5.69 Å². The maximum Gasteiger partial charge on any atom is 0.239 e. The van der Waals surface area contributed by atoms with Crippen molar-refractivity contribution in [3.05, 3.63) is 12.4 Å². The van der Waals surface area contributed by atoms with Crippen LogP contribution in [0.3, 0.4) is 0 Å². The van der Waals surface area contributed by atoms with Crippen molar-refractivity contribution in [3.8, 4) is 0 Å². The summed E-state index contributed by atoms with van der Waals surface area (Å²) in [5.74, 6) is -0.394. The van der Waals surface area contributed by atoms with Crippen LogP contribution in [0.1, 0.15) is 6.92 Å². The maximum absolute atomic E-state index is 10.7. The van der Waals surface area contributed by atoms with Crippen molar-refractivity contribution in [2.75, 3.05) is 25.1 Å². The average molecular weight is 224 g/mol. The number of amides is 1. The van der Waals surface area contributed by atoms with Crippen LogP contribution in [0.25, 0.3) is 0 Å². The van der Waals surface area contributed by atoms with Gasteiger partial charge in [-0.3, -0.25) is 9.48 Å². The highest BCUT2D eigenvalue weighted by Crippen LogP contribution is 2.26. The molecule has 1 amide bonds. The fourth-order valence-electron chi connectivity index (χ4n) is 1.57. The third-order valence-corrected chi connectivity index (χ3v) is 2.57. The largest absolute Gasteiger partial charge is 0.382 e. The Morgan fingerprint density at radius 1 is 1.75 bits per heavy atom. The number of hydrogen-bond acceptors (Lipinski definition) is 4. The summed E-state index contributed by atoms with van der Waals surface area (Å²) in [5, 5.41) is 7.29. The molecule has 1 aliphatic rings. The summed E-state index contributed by atoms with van der Waals surface area (Å²) in [4.78, 5) is 10.7. The van der Waals surface area contributed by atoms with Gasteiger partial charge in [-0.1, -0.05) is 6.92 Å². The van der Waals surface area contributed by atoms with Gasteiger partial charge >= 0.3 is 0 Å². The van der Waals surface area contributed by atoms with Crippen molar-refractivity contribution >= 4 is 11.6 Å². The molecule has 1 saturated heterocycles. The molecule has 16 heavy (non-hydrogen) atoms. The van der Waals surface area contributed by atoms with Gasteiger partial charge in [0.15, 0.2) is 0 Å². The molecule has 0 atom stereocenters. The number of primary amides is 1. The SMILES string of the molecule is CC1(CNc2cnn(CC(N)=O)c2)COC1. The van der Waals surface area contributed by atoms with Crippen LogP contribution in [0.2, 0.25) is 0 Å². The highest BCUT2D eigenvalue weighted by Gasteiger charge is 2.32. The molecule has 1 aromatic heterocycles. The van der Waals surface area contributed by atoms with Gasteiger partial charge in [-0.05, 0) is 0 Å². The number of nitrogens with zero attached hydrogens (tertiary/aromatic N) is 2. The van der Waals surface area contributed by atoms with Crippen molar-refractivity contribution in [1.29, 1.82) is 0 Å². The lowest BCUT2D eigenvalue weighted by Gasteiger charge is -2.38. The van der Waals surface area contributed by atoms with E-state index in [1.54, 1.807) is 12.4 Å². The number of hydrogen-bond donors (Lipinski definition) is 2. The fourth-order valence-corrected chi connectivity index (χ4v) is 1.57. The van der Waals surface area contributed by atoms with Crippen molar-refractivity contribution in [3.63, 3.8) is 0 Å². The molecule has 88 valence electrons. The summed E-state index contributed by atoms with van der Waals surface area (Å²) in [6, 6.07) is 0. The van der Waals surface area contributed by atoms with Crippen LogP contribution >= 0.6 is 0 Å². The molecular formula is C10H16N4O2. The summed E-state index contributed by atoms with van der Waals surface area (Å²) >= 11 is 0. The van der Waals surface area contributed by atoms with Gasteiger partial charge in [-0.25, -0.2) is 0 Å². The van der Waals surface area contributed by atoms with E-state index in [0.717, 1.165) is 25.4 Å². The molecule has 0 bridgehead atoms. The first-order chi connectivity index (χ1) is 7.57. The highest BCUT2D eigenvalue weighted by molar-refractivity contribution is 5.73. The quantitative estimate of drug-likeness (QED) is 0.726. The molecule has 0 spiro atoms. The van der Waals surface area contributed by atoms with Crippen molar-refractivity contribution in [1.82, 2.24) is 9.78 Å². The van der Waals surface area contributed by atoms with Gasteiger partial charge in [0.05, 0.1) is 25.1 Å². The predicted molar refractivity (Wildman–Crippen MR) is 58.8 cm³/mol. The molecule has 0 unspecified atom stereocenters. The first-order valence-corrected chi connectivity index (χ1v) is 5.20. The molecule has 1 aromatic rings. The molecule has 3 N–H and O–H groups in total. The standard InChI is InChI=1S/C10H16N4O2/c1-10(6-16-7-10)5-12-8-2-13-14(3-8)4-9(11)15/h2-3,12H,4-7H2,1H3,(H2,11,15). The van der Waals surface area contributed by atoms with E-state index >= 15 is 0 Å². The van der Waals surface area contributed by atoms with E-state index in [9.17, 15) is 4.79 Å². The van der Waals surface area contributed by atoms with E-state index in [1.807, 2.05) is 0 Å². The summed E-state index contributed by atoms with van der Waals surface area (Å²) in [6.45, 7) is 4.69. The summed E-state index contributed by atoms with van der Waals surface area (Å²) in [6.07, 6.45) is 3.46. The lowest BCUT2D eigenvalue weighted by atomic mass is 9.89. The summed E-state index contributed by atoms with van der Waals surface area (Å²) in [7, 11) is 0. The van der Waals surface area contributed by atoms with Crippen LogP contribution in [0, 0.1) is 5.41 Å². The Labute approximate surface area is 93.8 Å². The highest BCUT2D eigenvalue weighted by atomic mass is 16.5. The van der Waals surface area contributed by atoms with Crippen molar-refractivity contribution in [2.45, 2.75) is 13.5 Å². The molecular weight excluding hydrogens is 208 g/mol. The Morgan fingerprint density at radius 2 is 2.50 bits per heavy atom. The molecule has 0 aliphatic carbocycles. The van der Waals surface area contributed by atoms with E-state index in [4.69, 9.17) is 10.5 Å². The van der Waals surface area contributed by atoms with Crippen LogP contribution in [0.15, 0.2) is 12.4 Å². The first-order valence-electron chi connectivity index (χ1n) is 5.20. The number of aromatic nitrogens is 2. The van der Waals surface area contributed by atoms with E-state index in [0.29, 0.717) is 0 Å². The van der Waals surface area contributed by atoms with E-state index in [1.165, 1.54) is 4.68 Å². The Balaban J connectivity index is 1.85. The Morgan fingerprint density at radius 3 is 3.06 bits per heavy atom. The Kier molecular flexibility index (Phi) is 2.82. The van der Waals surface area contributed by atoms with Crippen molar-refractivity contribution < 1.29 is 9.53 Å². The zero-order valence-corrected chi connectivity index (χ0v) is 9.27. The Hall–Kier alpha value is -1.56. The number of ether oxygens (including phenoxy) is 1. The number of nitrogens with two attached hydrogens (primary N) is 1. The minimum atomic E-state index is -0.394. The van der Waals surface area contributed by atoms with Gasteiger partial charge in [0.25, 0.3) is 0 Å². The molecule has 0 saturated carbocycles. The second kappa shape index (κ2) is 4.13. The number of carbonyl (C=O) groups excluding carboxylic acids is 1. The monoisotopic (exact) mass is 224 g/mol. The first kappa shape index (κ1) is 10.9. The zero-order chi connectivity index (χ0) is 11.6. The lowest BCUT2D eigenvalue weighted by molar-refractivity contribution is -0.118. The minimum Gasteiger partial charge on any atom is -0.382 e. The van der Waals surface area contributed by atoms with Gasteiger partial charge in [0.1, 0.15) is 6.54 Å². The number of nitrogens with one attached hydrogen (secondary N) is 1. The molecule has 2 rings (SSSR count). The Bertz CT molecular complexity index is 384. The van der Waals surface area contributed by atoms with E-state index in [2.05, 4.69) is 17.3 Å². The van der Waals surface area contributed by atoms with Crippen LogP contribution in [0.5, 0.6) is 0 Å². The molecule has 1 aliphatic heterocycles. The zero-order valence-electron chi connectivity index (χ0n) is 9.27. The van der Waals surface area contributed by atoms with Gasteiger partial charge in [0, 0.05) is 18.2 Å². The number of rotatable bonds is 5. The summed E-state index contributed by atoms with van der Waals surface area (Å²) < 4.78 is 6.68. The van der Waals surface area contributed by atoms with Crippen LogP contribution in [-0.2, 0) is 16.1 Å². The van der Waals surface area contributed by atoms with Crippen molar-refractivity contribution in [2.24, 2.45) is 11.1 Å². The number of carbonyl (C=O) groups is 1. The number of anilines is 1. The third-order valence-electron chi connectivity index (χ3n) is 2.57. The molecule has 0 radical (unpaired) electrons. The molecule has 2 heterocycles. The normalized spacial score (nSPS) is 17.8. The topological polar surface area (TPSA) is 82.2 Å².